The molecular formula is C16H21ClN4. The highest BCUT2D eigenvalue weighted by Crippen LogP contribution is 2.31. The van der Waals surface area contributed by atoms with Crippen molar-refractivity contribution in [3.63, 3.8) is 0 Å². The van der Waals surface area contributed by atoms with Crippen LogP contribution < -0.4 is 10.2 Å². The lowest BCUT2D eigenvalue weighted by molar-refractivity contribution is 0.668. The number of rotatable bonds is 3. The molecule has 0 amide bonds. The number of benzene rings is 1. The number of hydrogen-bond donors (Lipinski definition) is 1. The average Bonchev–Trinajstić information content (AvgIpc) is 2.67. The lowest BCUT2D eigenvalue weighted by Gasteiger charge is -2.24. The number of para-hydroxylation sites is 2. The maximum atomic E-state index is 6.49. The van der Waals surface area contributed by atoms with Crippen LogP contribution in [0.4, 0.5) is 11.4 Å². The van der Waals surface area contributed by atoms with Gasteiger partial charge in [0.25, 0.3) is 0 Å². The molecule has 0 fully saturated rings. The van der Waals surface area contributed by atoms with Crippen LogP contribution in [0.25, 0.3) is 0 Å². The van der Waals surface area contributed by atoms with Gasteiger partial charge in [-0.2, -0.15) is 5.10 Å². The fourth-order valence-electron chi connectivity index (χ4n) is 2.85. The van der Waals surface area contributed by atoms with Crippen LogP contribution in [0.5, 0.6) is 0 Å². The van der Waals surface area contributed by atoms with Crippen molar-refractivity contribution < 1.29 is 0 Å². The molecule has 0 atom stereocenters. The summed E-state index contributed by atoms with van der Waals surface area (Å²) >= 11 is 6.49. The normalized spacial score (nSPS) is 14.5. The van der Waals surface area contributed by atoms with Gasteiger partial charge in [0.2, 0.25) is 0 Å². The molecule has 0 bridgehead atoms. The molecule has 1 aromatic heterocycles. The predicted octanol–water partition coefficient (Wildman–Crippen LogP) is 3.46. The summed E-state index contributed by atoms with van der Waals surface area (Å²) in [5.41, 5.74) is 4.51. The van der Waals surface area contributed by atoms with Gasteiger partial charge in [0.05, 0.1) is 34.3 Å². The highest BCUT2D eigenvalue weighted by molar-refractivity contribution is 6.31. The molecule has 0 saturated carbocycles. The Bertz CT molecular complexity index is 635. The van der Waals surface area contributed by atoms with Gasteiger partial charge >= 0.3 is 0 Å². The zero-order valence-corrected chi connectivity index (χ0v) is 13.3. The van der Waals surface area contributed by atoms with Crippen molar-refractivity contribution >= 4 is 23.0 Å². The summed E-state index contributed by atoms with van der Waals surface area (Å²) in [4.78, 5) is 2.39. The molecule has 1 aliphatic heterocycles. The maximum Gasteiger partial charge on any atom is 0.0868 e. The molecule has 21 heavy (non-hydrogen) atoms. The lowest BCUT2D eigenvalue weighted by atomic mass is 10.2. The molecule has 1 N–H and O–H groups in total. The standard InChI is InChI=1S/C16H21ClN4/c1-3-12-16(17)15(20(2)19-12)11-21-10-6-9-18-13-7-4-5-8-14(13)21/h4-5,7-8,18H,3,6,9-11H2,1-2H3. The molecule has 1 aliphatic rings. The monoisotopic (exact) mass is 304 g/mol. The smallest absolute Gasteiger partial charge is 0.0868 e. The summed E-state index contributed by atoms with van der Waals surface area (Å²) < 4.78 is 1.92. The van der Waals surface area contributed by atoms with Crippen molar-refractivity contribution in [1.82, 2.24) is 9.78 Å². The van der Waals surface area contributed by atoms with Crippen molar-refractivity contribution in [2.24, 2.45) is 7.05 Å². The number of aromatic nitrogens is 2. The predicted molar refractivity (Wildman–Crippen MR) is 88.2 cm³/mol. The molecule has 5 heteroatoms. The maximum absolute atomic E-state index is 6.49. The van der Waals surface area contributed by atoms with E-state index in [1.807, 2.05) is 11.7 Å². The Hall–Kier alpha value is -1.68. The van der Waals surface area contributed by atoms with Crippen molar-refractivity contribution in [3.8, 4) is 0 Å². The SMILES string of the molecule is CCc1nn(C)c(CN2CCCNc3ccccc32)c1Cl. The Morgan fingerprint density at radius 3 is 2.90 bits per heavy atom. The molecule has 0 unspecified atom stereocenters. The molecule has 4 nitrogen and oxygen atoms in total. The Balaban J connectivity index is 1.93. The average molecular weight is 305 g/mol. The van der Waals surface area contributed by atoms with E-state index in [2.05, 4.69) is 46.5 Å². The Kier molecular flexibility index (Phi) is 4.06. The van der Waals surface area contributed by atoms with Crippen LogP contribution >= 0.6 is 11.6 Å². The molecule has 2 aromatic rings. The van der Waals surface area contributed by atoms with E-state index in [0.717, 1.165) is 48.9 Å². The number of nitrogens with one attached hydrogen (secondary N) is 1. The second-order valence-corrected chi connectivity index (χ2v) is 5.78. The van der Waals surface area contributed by atoms with Gasteiger partial charge in [-0.3, -0.25) is 4.68 Å². The molecular weight excluding hydrogens is 284 g/mol. The first-order chi connectivity index (χ1) is 10.2. The van der Waals surface area contributed by atoms with E-state index in [1.165, 1.54) is 11.4 Å². The fraction of sp³-hybridized carbons (Fsp3) is 0.438. The van der Waals surface area contributed by atoms with Crippen LogP contribution in [0.15, 0.2) is 24.3 Å². The van der Waals surface area contributed by atoms with E-state index in [4.69, 9.17) is 11.6 Å². The minimum Gasteiger partial charge on any atom is -0.383 e. The number of nitrogens with zero attached hydrogens (tertiary/aromatic N) is 3. The number of fused-ring (bicyclic) bond motifs is 1. The van der Waals surface area contributed by atoms with Gasteiger partial charge in [0, 0.05) is 20.1 Å². The zero-order chi connectivity index (χ0) is 14.8. The van der Waals surface area contributed by atoms with E-state index < -0.39 is 0 Å². The largest absolute Gasteiger partial charge is 0.383 e. The van der Waals surface area contributed by atoms with E-state index in [9.17, 15) is 0 Å². The Morgan fingerprint density at radius 1 is 1.33 bits per heavy atom. The Labute approximate surface area is 130 Å². The first kappa shape index (κ1) is 14.3. The van der Waals surface area contributed by atoms with Crippen LogP contribution in [0.3, 0.4) is 0 Å². The third-order valence-corrected chi connectivity index (χ3v) is 4.44. The van der Waals surface area contributed by atoms with Gasteiger partial charge in [-0.1, -0.05) is 30.7 Å². The first-order valence-electron chi connectivity index (χ1n) is 7.48. The number of anilines is 2. The van der Waals surface area contributed by atoms with E-state index in [-0.39, 0.29) is 0 Å². The highest BCUT2D eigenvalue weighted by atomic mass is 35.5. The topological polar surface area (TPSA) is 33.1 Å². The quantitative estimate of drug-likeness (QED) is 0.943. The van der Waals surface area contributed by atoms with E-state index in [0.29, 0.717) is 0 Å². The van der Waals surface area contributed by atoms with Crippen LogP contribution in [-0.2, 0) is 20.0 Å². The third-order valence-electron chi connectivity index (χ3n) is 4.01. The van der Waals surface area contributed by atoms with Crippen molar-refractivity contribution in [3.05, 3.63) is 40.7 Å². The molecule has 0 aliphatic carbocycles. The summed E-state index contributed by atoms with van der Waals surface area (Å²) in [6, 6.07) is 8.46. The van der Waals surface area contributed by atoms with Gasteiger partial charge in [-0.05, 0) is 25.0 Å². The molecule has 0 radical (unpaired) electrons. The Morgan fingerprint density at radius 2 is 2.14 bits per heavy atom. The van der Waals surface area contributed by atoms with Gasteiger partial charge in [-0.25, -0.2) is 0 Å². The first-order valence-corrected chi connectivity index (χ1v) is 7.86. The van der Waals surface area contributed by atoms with E-state index >= 15 is 0 Å². The van der Waals surface area contributed by atoms with Gasteiger partial charge in [-0.15, -0.1) is 0 Å². The van der Waals surface area contributed by atoms with E-state index in [1.54, 1.807) is 0 Å². The minimum absolute atomic E-state index is 0.793. The lowest BCUT2D eigenvalue weighted by Crippen LogP contribution is -2.24. The second-order valence-electron chi connectivity index (χ2n) is 5.40. The van der Waals surface area contributed by atoms with Crippen LogP contribution in [0.2, 0.25) is 5.02 Å². The molecule has 0 spiro atoms. The highest BCUT2D eigenvalue weighted by Gasteiger charge is 2.19. The number of aryl methyl sites for hydroxylation is 2. The molecule has 1 aromatic carbocycles. The number of hydrogen-bond acceptors (Lipinski definition) is 3. The van der Waals surface area contributed by atoms with Gasteiger partial charge in [0.15, 0.2) is 0 Å². The zero-order valence-electron chi connectivity index (χ0n) is 12.6. The minimum atomic E-state index is 0.793. The molecule has 0 saturated heterocycles. The van der Waals surface area contributed by atoms with Gasteiger partial charge < -0.3 is 10.2 Å². The van der Waals surface area contributed by atoms with Crippen molar-refractivity contribution in [2.45, 2.75) is 26.3 Å². The van der Waals surface area contributed by atoms with Crippen LogP contribution in [-0.4, -0.2) is 22.9 Å². The summed E-state index contributed by atoms with van der Waals surface area (Å²) in [6.07, 6.45) is 1.98. The van der Waals surface area contributed by atoms with Crippen LogP contribution in [0.1, 0.15) is 24.7 Å². The van der Waals surface area contributed by atoms with Crippen molar-refractivity contribution in [1.29, 1.82) is 0 Å². The second kappa shape index (κ2) is 5.98. The summed E-state index contributed by atoms with van der Waals surface area (Å²) in [5.74, 6) is 0. The molecule has 112 valence electrons. The van der Waals surface area contributed by atoms with Gasteiger partial charge in [0.1, 0.15) is 0 Å². The number of halogens is 1. The summed E-state index contributed by atoms with van der Waals surface area (Å²) in [5, 5.41) is 8.82. The molecule has 3 rings (SSSR count). The third kappa shape index (κ3) is 2.72. The summed E-state index contributed by atoms with van der Waals surface area (Å²) in [6.45, 7) is 4.91. The van der Waals surface area contributed by atoms with Crippen molar-refractivity contribution in [2.75, 3.05) is 23.3 Å². The van der Waals surface area contributed by atoms with Crippen LogP contribution in [0, 0.1) is 0 Å². The molecule has 2 heterocycles. The fourth-order valence-corrected chi connectivity index (χ4v) is 3.20. The summed E-state index contributed by atoms with van der Waals surface area (Å²) in [7, 11) is 1.97.